The quantitative estimate of drug-likeness (QED) is 0.510. The molecule has 1 aliphatic heterocycles. The van der Waals surface area contributed by atoms with Gasteiger partial charge in [-0.05, 0) is 11.0 Å². The summed E-state index contributed by atoms with van der Waals surface area (Å²) in [6.45, 7) is 2.04. The second kappa shape index (κ2) is 6.26. The Morgan fingerprint density at radius 3 is 2.38 bits per heavy atom. The normalized spacial score (nSPS) is 14.8. The first kappa shape index (κ1) is 16.3. The van der Waals surface area contributed by atoms with Crippen LogP contribution in [0.5, 0.6) is 0 Å². The number of thiazole rings is 1. The van der Waals surface area contributed by atoms with Crippen molar-refractivity contribution < 1.29 is 9.85 Å². The molecule has 1 fully saturated rings. The van der Waals surface area contributed by atoms with Crippen LogP contribution in [0.1, 0.15) is 0 Å². The van der Waals surface area contributed by atoms with E-state index < -0.39 is 9.85 Å². The molecular formula is C15H14N6O4S. The third-order valence-corrected chi connectivity index (χ3v) is 5.15. The van der Waals surface area contributed by atoms with Gasteiger partial charge in [0.2, 0.25) is 5.82 Å². The largest absolute Gasteiger partial charge is 0.373 e. The van der Waals surface area contributed by atoms with E-state index in [1.54, 1.807) is 29.8 Å². The van der Waals surface area contributed by atoms with Crippen molar-refractivity contribution in [3.63, 3.8) is 0 Å². The van der Waals surface area contributed by atoms with Crippen molar-refractivity contribution in [3.8, 4) is 0 Å². The minimum absolute atomic E-state index is 0.0413. The zero-order valence-electron chi connectivity index (χ0n) is 13.5. The maximum Gasteiger partial charge on any atom is 0.373 e. The number of aromatic nitrogens is 2. The third kappa shape index (κ3) is 2.62. The zero-order valence-corrected chi connectivity index (χ0v) is 14.3. The van der Waals surface area contributed by atoms with Crippen LogP contribution < -0.4 is 9.80 Å². The van der Waals surface area contributed by atoms with Crippen LogP contribution in [0.25, 0.3) is 4.96 Å². The molecule has 3 aromatic rings. The predicted molar refractivity (Wildman–Crippen MR) is 97.2 cm³/mol. The van der Waals surface area contributed by atoms with Crippen LogP contribution in [0.2, 0.25) is 0 Å². The number of hydrogen-bond donors (Lipinski definition) is 0. The molecular weight excluding hydrogens is 360 g/mol. The molecule has 0 atom stereocenters. The van der Waals surface area contributed by atoms with E-state index in [0.717, 1.165) is 0 Å². The number of fused-ring (bicyclic) bond motifs is 1. The lowest BCUT2D eigenvalue weighted by atomic mass is 10.2. The van der Waals surface area contributed by atoms with Gasteiger partial charge in [0, 0.05) is 37.6 Å². The van der Waals surface area contributed by atoms with E-state index in [0.29, 0.717) is 42.6 Å². The van der Waals surface area contributed by atoms with Crippen molar-refractivity contribution in [1.29, 1.82) is 0 Å². The third-order valence-electron chi connectivity index (χ3n) is 4.39. The topological polar surface area (TPSA) is 110 Å². The SMILES string of the molecule is O=[N+]([O-])c1ccccc1N1CCN(c2nc3sccn3c2[N+](=O)[O-])CC1. The molecule has 1 aromatic carbocycles. The Hall–Kier alpha value is -3.21. The highest BCUT2D eigenvalue weighted by Crippen LogP contribution is 2.33. The minimum atomic E-state index is -0.420. The first-order valence-electron chi connectivity index (χ1n) is 7.89. The Morgan fingerprint density at radius 2 is 1.69 bits per heavy atom. The van der Waals surface area contributed by atoms with Crippen molar-refractivity contribution in [2.24, 2.45) is 0 Å². The monoisotopic (exact) mass is 374 g/mol. The summed E-state index contributed by atoms with van der Waals surface area (Å²) in [5.41, 5.74) is 0.631. The van der Waals surface area contributed by atoms with E-state index in [1.807, 2.05) is 9.80 Å². The fraction of sp³-hybridized carbons (Fsp3) is 0.267. The number of piperazine rings is 1. The summed E-state index contributed by atoms with van der Waals surface area (Å²) in [4.78, 5) is 30.7. The molecule has 0 N–H and O–H groups in total. The molecule has 26 heavy (non-hydrogen) atoms. The molecule has 0 saturated carbocycles. The van der Waals surface area contributed by atoms with E-state index in [1.165, 1.54) is 21.8 Å². The number of imidazole rings is 1. The number of rotatable bonds is 4. The fourth-order valence-corrected chi connectivity index (χ4v) is 3.89. The molecule has 1 saturated heterocycles. The van der Waals surface area contributed by atoms with E-state index in [2.05, 4.69) is 4.98 Å². The van der Waals surface area contributed by atoms with Crippen LogP contribution in [0, 0.1) is 20.2 Å². The summed E-state index contributed by atoms with van der Waals surface area (Å²) < 4.78 is 1.48. The van der Waals surface area contributed by atoms with Crippen molar-refractivity contribution in [3.05, 3.63) is 56.1 Å². The van der Waals surface area contributed by atoms with E-state index in [9.17, 15) is 20.2 Å². The van der Waals surface area contributed by atoms with Gasteiger partial charge in [0.15, 0.2) is 0 Å². The average molecular weight is 374 g/mol. The van der Waals surface area contributed by atoms with Crippen LogP contribution in [0.4, 0.5) is 23.0 Å². The summed E-state index contributed by atoms with van der Waals surface area (Å²) in [5.74, 6) is 0.310. The van der Waals surface area contributed by atoms with E-state index in [4.69, 9.17) is 0 Å². The van der Waals surface area contributed by atoms with Gasteiger partial charge in [0.05, 0.1) is 4.92 Å². The molecule has 0 spiro atoms. The minimum Gasteiger partial charge on any atom is -0.362 e. The number of nitrogens with zero attached hydrogens (tertiary/aromatic N) is 6. The molecule has 11 heteroatoms. The molecule has 0 radical (unpaired) electrons. The van der Waals surface area contributed by atoms with Gasteiger partial charge in [0.1, 0.15) is 11.9 Å². The van der Waals surface area contributed by atoms with Gasteiger partial charge in [-0.1, -0.05) is 23.5 Å². The second-order valence-electron chi connectivity index (χ2n) is 5.79. The summed E-state index contributed by atoms with van der Waals surface area (Å²) in [6.07, 6.45) is 1.64. The van der Waals surface area contributed by atoms with Gasteiger partial charge in [-0.25, -0.2) is 0 Å². The molecule has 0 unspecified atom stereocenters. The average Bonchev–Trinajstić information content (AvgIpc) is 3.22. The summed E-state index contributed by atoms with van der Waals surface area (Å²) in [7, 11) is 0. The Bertz CT molecular complexity index is 991. The van der Waals surface area contributed by atoms with Crippen LogP contribution in [-0.2, 0) is 0 Å². The molecule has 3 heterocycles. The van der Waals surface area contributed by atoms with Crippen molar-refractivity contribution in [2.75, 3.05) is 36.0 Å². The Kier molecular flexibility index (Phi) is 3.92. The number of anilines is 2. The second-order valence-corrected chi connectivity index (χ2v) is 6.66. The number of benzene rings is 1. The van der Waals surface area contributed by atoms with Gasteiger partial charge in [0.25, 0.3) is 10.6 Å². The van der Waals surface area contributed by atoms with Gasteiger partial charge in [-0.15, -0.1) is 0 Å². The van der Waals surface area contributed by atoms with Crippen LogP contribution in [0.3, 0.4) is 0 Å². The molecule has 10 nitrogen and oxygen atoms in total. The highest BCUT2D eigenvalue weighted by Gasteiger charge is 2.31. The first-order chi connectivity index (χ1) is 12.6. The smallest absolute Gasteiger partial charge is 0.362 e. The molecule has 1 aliphatic rings. The van der Waals surface area contributed by atoms with Gasteiger partial charge in [-0.2, -0.15) is 9.38 Å². The van der Waals surface area contributed by atoms with E-state index in [-0.39, 0.29) is 11.5 Å². The standard InChI is InChI=1S/C15H14N6O4S/c22-20(23)12-4-2-1-3-11(12)17-5-7-18(8-6-17)13-14(21(24)25)19-9-10-26-15(19)16-13/h1-4,9-10H,5-8H2. The molecule has 4 rings (SSSR count). The highest BCUT2D eigenvalue weighted by atomic mass is 32.1. The molecule has 134 valence electrons. The van der Waals surface area contributed by atoms with Crippen LogP contribution >= 0.6 is 11.3 Å². The maximum absolute atomic E-state index is 11.5. The molecule has 0 amide bonds. The van der Waals surface area contributed by atoms with Crippen molar-refractivity contribution in [1.82, 2.24) is 9.38 Å². The highest BCUT2D eigenvalue weighted by molar-refractivity contribution is 7.15. The molecule has 0 aliphatic carbocycles. The zero-order chi connectivity index (χ0) is 18.3. The lowest BCUT2D eigenvalue weighted by Gasteiger charge is -2.35. The van der Waals surface area contributed by atoms with E-state index >= 15 is 0 Å². The van der Waals surface area contributed by atoms with Gasteiger partial charge < -0.3 is 19.9 Å². The fourth-order valence-electron chi connectivity index (χ4n) is 3.19. The van der Waals surface area contributed by atoms with Gasteiger partial charge >= 0.3 is 5.82 Å². The number of nitro groups is 2. The lowest BCUT2D eigenvalue weighted by Crippen LogP contribution is -2.47. The van der Waals surface area contributed by atoms with Crippen molar-refractivity contribution in [2.45, 2.75) is 0 Å². The maximum atomic E-state index is 11.5. The molecule has 2 aromatic heterocycles. The molecule has 0 bridgehead atoms. The Balaban J connectivity index is 1.58. The lowest BCUT2D eigenvalue weighted by molar-refractivity contribution is -0.389. The van der Waals surface area contributed by atoms with Crippen LogP contribution in [0.15, 0.2) is 35.8 Å². The summed E-state index contributed by atoms with van der Waals surface area (Å²) >= 11 is 1.34. The Morgan fingerprint density at radius 1 is 1.00 bits per heavy atom. The first-order valence-corrected chi connectivity index (χ1v) is 8.77. The van der Waals surface area contributed by atoms with Gasteiger partial charge in [-0.3, -0.25) is 10.1 Å². The summed E-state index contributed by atoms with van der Waals surface area (Å²) in [6, 6.07) is 6.61. The number of para-hydroxylation sites is 2. The van der Waals surface area contributed by atoms with Crippen molar-refractivity contribution >= 4 is 39.3 Å². The summed E-state index contributed by atoms with van der Waals surface area (Å²) in [5, 5.41) is 24.5. The number of nitro benzene ring substituents is 1. The Labute approximate surface area is 151 Å². The number of hydrogen-bond acceptors (Lipinski definition) is 8. The predicted octanol–water partition coefficient (Wildman–Crippen LogP) is 2.54. The van der Waals surface area contributed by atoms with Crippen LogP contribution in [-0.4, -0.2) is 45.4 Å².